The Bertz CT molecular complexity index is 585. The molecule has 0 N–H and O–H groups in total. The monoisotopic (exact) mass is 285 g/mol. The van der Waals surface area contributed by atoms with E-state index in [0.717, 1.165) is 22.8 Å². The van der Waals surface area contributed by atoms with Crippen LogP contribution >= 0.6 is 0 Å². The maximum absolute atomic E-state index is 5.97. The average Bonchev–Trinajstić information content (AvgIpc) is 2.43. The molecule has 104 valence electrons. The fourth-order valence-corrected chi connectivity index (χ4v) is 2.57. The zero-order valence-corrected chi connectivity index (χ0v) is 13.2. The van der Waals surface area contributed by atoms with Gasteiger partial charge in [0.05, 0.1) is 0 Å². The number of nitrogens with zero attached hydrogens (tertiary/aromatic N) is 3. The first-order valence-corrected chi connectivity index (χ1v) is 9.49. The van der Waals surface area contributed by atoms with E-state index in [4.69, 9.17) is 4.43 Å². The lowest BCUT2D eigenvalue weighted by atomic mass is 10.2. The number of aryl methyl sites for hydroxylation is 1. The largest absolute Gasteiger partial charge is 0.545 e. The molecule has 0 saturated heterocycles. The maximum Gasteiger partial charge on any atom is 0.229 e. The molecule has 5 heteroatoms. The molecular formula is C15H19N3OSi. The van der Waals surface area contributed by atoms with Crippen LogP contribution in [-0.4, -0.2) is 25.2 Å². The van der Waals surface area contributed by atoms with E-state index in [1.165, 1.54) is 0 Å². The summed E-state index contributed by atoms with van der Waals surface area (Å²) in [4.78, 5) is 12.9. The number of hydrogen-bond acceptors (Lipinski definition) is 4. The third-order valence-electron chi connectivity index (χ3n) is 2.67. The molecule has 0 bridgehead atoms. The van der Waals surface area contributed by atoms with Crippen LogP contribution in [0.25, 0.3) is 0 Å². The molecule has 0 spiro atoms. The van der Waals surface area contributed by atoms with Crippen molar-refractivity contribution in [1.82, 2.24) is 9.97 Å². The van der Waals surface area contributed by atoms with Gasteiger partial charge in [0.1, 0.15) is 17.3 Å². The van der Waals surface area contributed by atoms with E-state index < -0.39 is 9.04 Å². The van der Waals surface area contributed by atoms with E-state index in [0.29, 0.717) is 6.42 Å². The highest BCUT2D eigenvalue weighted by Gasteiger charge is 2.07. The predicted octanol–water partition coefficient (Wildman–Crippen LogP) is 3.09. The fourth-order valence-electron chi connectivity index (χ4n) is 1.79. The van der Waals surface area contributed by atoms with Crippen molar-refractivity contribution in [3.8, 4) is 5.75 Å². The third-order valence-corrected chi connectivity index (χ3v) is 3.38. The van der Waals surface area contributed by atoms with Gasteiger partial charge in [-0.2, -0.15) is 0 Å². The van der Waals surface area contributed by atoms with E-state index in [1.54, 1.807) is 18.5 Å². The lowest BCUT2D eigenvalue weighted by Crippen LogP contribution is -2.12. The standard InChI is InChI=1S/C15H19N3OSi/c1-12-6-4-7-13(15(12)19-20(2)3)16-11-8-14-17-9-5-10-18-14/h4-7,9-11,20H,8H2,1-3H3. The zero-order chi connectivity index (χ0) is 14.4. The Morgan fingerprint density at radius 2 is 1.95 bits per heavy atom. The minimum atomic E-state index is -1.15. The van der Waals surface area contributed by atoms with Gasteiger partial charge in [0.15, 0.2) is 0 Å². The second kappa shape index (κ2) is 6.95. The molecule has 2 rings (SSSR count). The molecule has 0 fully saturated rings. The molecule has 4 nitrogen and oxygen atoms in total. The SMILES string of the molecule is Cc1cccc(N=CCc2ncccn2)c1O[SiH](C)C. The van der Waals surface area contributed by atoms with Gasteiger partial charge in [-0.15, -0.1) is 0 Å². The van der Waals surface area contributed by atoms with Gasteiger partial charge >= 0.3 is 0 Å². The summed E-state index contributed by atoms with van der Waals surface area (Å²) in [7, 11) is -1.15. The van der Waals surface area contributed by atoms with Crippen LogP contribution in [-0.2, 0) is 6.42 Å². The Balaban J connectivity index is 2.14. The van der Waals surface area contributed by atoms with E-state index in [-0.39, 0.29) is 0 Å². The second-order valence-corrected chi connectivity index (χ2v) is 7.10. The summed E-state index contributed by atoms with van der Waals surface area (Å²) in [5, 5.41) is 0. The first-order chi connectivity index (χ1) is 9.66. The van der Waals surface area contributed by atoms with Crippen LogP contribution in [0.15, 0.2) is 41.7 Å². The number of benzene rings is 1. The predicted molar refractivity (Wildman–Crippen MR) is 84.6 cm³/mol. The molecule has 0 aliphatic rings. The molecule has 0 unspecified atom stereocenters. The summed E-state index contributed by atoms with van der Waals surface area (Å²) in [6.45, 7) is 6.35. The highest BCUT2D eigenvalue weighted by Crippen LogP contribution is 2.31. The van der Waals surface area contributed by atoms with Crippen molar-refractivity contribution in [3.05, 3.63) is 48.0 Å². The smallest absolute Gasteiger partial charge is 0.229 e. The highest BCUT2D eigenvalue weighted by molar-refractivity contribution is 6.49. The van der Waals surface area contributed by atoms with Gasteiger partial charge in [-0.05, 0) is 37.7 Å². The molecular weight excluding hydrogens is 266 g/mol. The molecule has 0 radical (unpaired) electrons. The highest BCUT2D eigenvalue weighted by atomic mass is 28.3. The van der Waals surface area contributed by atoms with Gasteiger partial charge in [0.25, 0.3) is 0 Å². The summed E-state index contributed by atoms with van der Waals surface area (Å²) < 4.78 is 5.97. The maximum atomic E-state index is 5.97. The number of para-hydroxylation sites is 1. The normalized spacial score (nSPS) is 11.2. The van der Waals surface area contributed by atoms with E-state index >= 15 is 0 Å². The Morgan fingerprint density at radius 3 is 2.65 bits per heavy atom. The fraction of sp³-hybridized carbons (Fsp3) is 0.267. The van der Waals surface area contributed by atoms with Gasteiger partial charge in [0.2, 0.25) is 9.04 Å². The Hall–Kier alpha value is -2.01. The summed E-state index contributed by atoms with van der Waals surface area (Å²) in [5.74, 6) is 1.67. The van der Waals surface area contributed by atoms with E-state index in [9.17, 15) is 0 Å². The molecule has 0 aliphatic carbocycles. The lowest BCUT2D eigenvalue weighted by Gasteiger charge is -2.14. The summed E-state index contributed by atoms with van der Waals surface area (Å²) in [6, 6.07) is 7.82. The van der Waals surface area contributed by atoms with E-state index in [2.05, 4.69) is 28.1 Å². The zero-order valence-electron chi connectivity index (χ0n) is 12.1. The first-order valence-electron chi connectivity index (χ1n) is 6.71. The summed E-state index contributed by atoms with van der Waals surface area (Å²) in [5.41, 5.74) is 2.00. The minimum absolute atomic E-state index is 0.618. The van der Waals surface area contributed by atoms with Crippen molar-refractivity contribution in [2.45, 2.75) is 26.4 Å². The Kier molecular flexibility index (Phi) is 5.01. The van der Waals surface area contributed by atoms with Crippen molar-refractivity contribution in [2.24, 2.45) is 4.99 Å². The van der Waals surface area contributed by atoms with Crippen LogP contribution in [0.3, 0.4) is 0 Å². The molecule has 1 heterocycles. The van der Waals surface area contributed by atoms with Gasteiger partial charge in [-0.3, -0.25) is 4.99 Å². The van der Waals surface area contributed by atoms with Gasteiger partial charge in [-0.1, -0.05) is 12.1 Å². The van der Waals surface area contributed by atoms with Crippen molar-refractivity contribution >= 4 is 20.9 Å². The Labute approximate surface area is 121 Å². The van der Waals surface area contributed by atoms with Crippen molar-refractivity contribution in [1.29, 1.82) is 0 Å². The van der Waals surface area contributed by atoms with Gasteiger partial charge in [-0.25, -0.2) is 9.97 Å². The number of aromatic nitrogens is 2. The van der Waals surface area contributed by atoms with Crippen LogP contribution in [0.1, 0.15) is 11.4 Å². The molecule has 20 heavy (non-hydrogen) atoms. The van der Waals surface area contributed by atoms with Gasteiger partial charge < -0.3 is 4.43 Å². The third kappa shape index (κ3) is 3.99. The minimum Gasteiger partial charge on any atom is -0.545 e. The molecule has 2 aromatic rings. The van der Waals surface area contributed by atoms with Crippen LogP contribution in [0.2, 0.25) is 13.1 Å². The molecule has 0 aliphatic heterocycles. The van der Waals surface area contributed by atoms with Crippen molar-refractivity contribution < 1.29 is 4.43 Å². The summed E-state index contributed by atoms with van der Waals surface area (Å²) in [6.07, 6.45) is 5.93. The lowest BCUT2D eigenvalue weighted by molar-refractivity contribution is 0.577. The van der Waals surface area contributed by atoms with Crippen LogP contribution in [0.5, 0.6) is 5.75 Å². The van der Waals surface area contributed by atoms with Crippen LogP contribution in [0.4, 0.5) is 5.69 Å². The average molecular weight is 285 g/mol. The van der Waals surface area contributed by atoms with Crippen LogP contribution < -0.4 is 4.43 Å². The number of rotatable bonds is 5. The quantitative estimate of drug-likeness (QED) is 0.626. The van der Waals surface area contributed by atoms with Gasteiger partial charge in [0, 0.05) is 25.0 Å². The van der Waals surface area contributed by atoms with Crippen molar-refractivity contribution in [3.63, 3.8) is 0 Å². The summed E-state index contributed by atoms with van der Waals surface area (Å²) >= 11 is 0. The molecule has 1 aromatic heterocycles. The number of hydrogen-bond donors (Lipinski definition) is 0. The second-order valence-electron chi connectivity index (χ2n) is 4.77. The number of aliphatic imine (C=N–C) groups is 1. The first kappa shape index (κ1) is 14.4. The van der Waals surface area contributed by atoms with Crippen LogP contribution in [0, 0.1) is 6.92 Å². The van der Waals surface area contributed by atoms with E-state index in [1.807, 2.05) is 31.3 Å². The Morgan fingerprint density at radius 1 is 1.20 bits per heavy atom. The molecule has 0 saturated carbocycles. The molecule has 0 amide bonds. The topological polar surface area (TPSA) is 47.4 Å². The van der Waals surface area contributed by atoms with Crippen molar-refractivity contribution in [2.75, 3.05) is 0 Å². The molecule has 1 aromatic carbocycles. The molecule has 0 atom stereocenters.